The molecular formula is C8H9NO2. The molecule has 0 spiro atoms. The second-order valence-corrected chi connectivity index (χ2v) is 2.52. The standard InChI is InChI=1S/C8H9NO2/c1-6-5-8(11-9-6)7-3-2-4-10-7/h2-6,9H,1H3. The summed E-state index contributed by atoms with van der Waals surface area (Å²) in [6.45, 7) is 2.01. The highest BCUT2D eigenvalue weighted by atomic mass is 16.7. The highest BCUT2D eigenvalue weighted by Crippen LogP contribution is 2.19. The molecule has 11 heavy (non-hydrogen) atoms. The van der Waals surface area contributed by atoms with Crippen molar-refractivity contribution in [3.05, 3.63) is 30.2 Å². The van der Waals surface area contributed by atoms with E-state index < -0.39 is 0 Å². The van der Waals surface area contributed by atoms with Gasteiger partial charge in [-0.15, -0.1) is 5.48 Å². The first kappa shape index (κ1) is 6.49. The molecule has 3 heteroatoms. The average Bonchev–Trinajstić information content (AvgIpc) is 2.55. The Bertz CT molecular complexity index is 264. The number of hydroxylamine groups is 1. The Morgan fingerprint density at radius 3 is 3.00 bits per heavy atom. The van der Waals surface area contributed by atoms with Crippen molar-refractivity contribution >= 4 is 5.76 Å². The molecule has 1 aromatic heterocycles. The van der Waals surface area contributed by atoms with Gasteiger partial charge in [0.25, 0.3) is 0 Å². The van der Waals surface area contributed by atoms with E-state index in [9.17, 15) is 0 Å². The third-order valence-electron chi connectivity index (χ3n) is 1.52. The maximum Gasteiger partial charge on any atom is 0.187 e. The van der Waals surface area contributed by atoms with Crippen LogP contribution in [-0.2, 0) is 4.84 Å². The molecule has 0 aromatic carbocycles. The van der Waals surface area contributed by atoms with Crippen molar-refractivity contribution in [1.29, 1.82) is 0 Å². The molecule has 0 fully saturated rings. The molecule has 0 radical (unpaired) electrons. The molecule has 1 aromatic rings. The van der Waals surface area contributed by atoms with Gasteiger partial charge in [0.15, 0.2) is 11.5 Å². The predicted molar refractivity (Wildman–Crippen MR) is 40.4 cm³/mol. The van der Waals surface area contributed by atoms with Gasteiger partial charge in [-0.2, -0.15) is 0 Å². The van der Waals surface area contributed by atoms with Crippen LogP contribution in [0.15, 0.2) is 28.9 Å². The van der Waals surface area contributed by atoms with E-state index in [1.807, 2.05) is 25.1 Å². The number of hydrogen-bond donors (Lipinski definition) is 1. The van der Waals surface area contributed by atoms with Crippen molar-refractivity contribution in [1.82, 2.24) is 5.48 Å². The summed E-state index contributed by atoms with van der Waals surface area (Å²) >= 11 is 0. The van der Waals surface area contributed by atoms with Crippen LogP contribution in [0.3, 0.4) is 0 Å². The molecule has 0 bridgehead atoms. The largest absolute Gasteiger partial charge is 0.461 e. The Balaban J connectivity index is 2.25. The number of hydrogen-bond acceptors (Lipinski definition) is 3. The smallest absolute Gasteiger partial charge is 0.187 e. The topological polar surface area (TPSA) is 34.4 Å². The van der Waals surface area contributed by atoms with E-state index in [2.05, 4.69) is 5.48 Å². The predicted octanol–water partition coefficient (Wildman–Crippen LogP) is 1.54. The van der Waals surface area contributed by atoms with Crippen LogP contribution in [0, 0.1) is 0 Å². The molecule has 1 N–H and O–H groups in total. The van der Waals surface area contributed by atoms with Crippen molar-refractivity contribution in [3.63, 3.8) is 0 Å². The third-order valence-corrected chi connectivity index (χ3v) is 1.52. The lowest BCUT2D eigenvalue weighted by Gasteiger charge is -1.98. The van der Waals surface area contributed by atoms with Crippen LogP contribution in [0.2, 0.25) is 0 Å². The first-order valence-electron chi connectivity index (χ1n) is 3.54. The molecule has 58 valence electrons. The average molecular weight is 151 g/mol. The van der Waals surface area contributed by atoms with Crippen LogP contribution >= 0.6 is 0 Å². The Labute approximate surface area is 64.6 Å². The van der Waals surface area contributed by atoms with Gasteiger partial charge in [0, 0.05) is 0 Å². The summed E-state index contributed by atoms with van der Waals surface area (Å²) in [7, 11) is 0. The van der Waals surface area contributed by atoms with Crippen LogP contribution in [0.4, 0.5) is 0 Å². The van der Waals surface area contributed by atoms with Crippen molar-refractivity contribution in [3.8, 4) is 0 Å². The zero-order chi connectivity index (χ0) is 7.68. The van der Waals surface area contributed by atoms with Gasteiger partial charge < -0.3 is 9.25 Å². The fourth-order valence-electron chi connectivity index (χ4n) is 1.00. The second kappa shape index (κ2) is 2.43. The monoisotopic (exact) mass is 151 g/mol. The van der Waals surface area contributed by atoms with Crippen LogP contribution in [0.25, 0.3) is 5.76 Å². The maximum absolute atomic E-state index is 5.13. The van der Waals surface area contributed by atoms with Crippen LogP contribution in [0.1, 0.15) is 12.7 Å². The highest BCUT2D eigenvalue weighted by Gasteiger charge is 2.15. The SMILES string of the molecule is CC1C=C(c2ccco2)ON1. The summed E-state index contributed by atoms with van der Waals surface area (Å²) < 4.78 is 5.13. The van der Waals surface area contributed by atoms with Crippen molar-refractivity contribution < 1.29 is 9.25 Å². The Hall–Kier alpha value is -1.22. The maximum atomic E-state index is 5.13. The second-order valence-electron chi connectivity index (χ2n) is 2.52. The molecule has 1 aliphatic rings. The molecule has 1 aliphatic heterocycles. The van der Waals surface area contributed by atoms with Gasteiger partial charge in [-0.1, -0.05) is 0 Å². The summed E-state index contributed by atoms with van der Waals surface area (Å²) in [4.78, 5) is 5.13. The normalized spacial score (nSPS) is 23.0. The third kappa shape index (κ3) is 1.14. The zero-order valence-electron chi connectivity index (χ0n) is 6.20. The van der Waals surface area contributed by atoms with Gasteiger partial charge in [0.2, 0.25) is 0 Å². The van der Waals surface area contributed by atoms with Gasteiger partial charge in [0.05, 0.1) is 12.3 Å². The van der Waals surface area contributed by atoms with E-state index in [1.54, 1.807) is 6.26 Å². The first-order chi connectivity index (χ1) is 5.36. The minimum Gasteiger partial charge on any atom is -0.461 e. The fraction of sp³-hybridized carbons (Fsp3) is 0.250. The molecule has 0 amide bonds. The van der Waals surface area contributed by atoms with E-state index in [0.29, 0.717) is 0 Å². The summed E-state index contributed by atoms with van der Waals surface area (Å²) in [5, 5.41) is 0. The Morgan fingerprint density at radius 1 is 1.55 bits per heavy atom. The van der Waals surface area contributed by atoms with Crippen LogP contribution < -0.4 is 5.48 Å². The van der Waals surface area contributed by atoms with Gasteiger partial charge in [-0.3, -0.25) is 0 Å². The van der Waals surface area contributed by atoms with Gasteiger partial charge in [-0.05, 0) is 25.1 Å². The lowest BCUT2D eigenvalue weighted by Crippen LogP contribution is -2.15. The number of nitrogens with one attached hydrogen (secondary N) is 1. The van der Waals surface area contributed by atoms with E-state index >= 15 is 0 Å². The number of rotatable bonds is 1. The summed E-state index contributed by atoms with van der Waals surface area (Å²) in [6.07, 6.45) is 3.60. The van der Waals surface area contributed by atoms with Gasteiger partial charge >= 0.3 is 0 Å². The summed E-state index contributed by atoms with van der Waals surface area (Å²) in [5.41, 5.74) is 2.81. The quantitative estimate of drug-likeness (QED) is 0.661. The van der Waals surface area contributed by atoms with E-state index in [0.717, 1.165) is 11.5 Å². The van der Waals surface area contributed by atoms with Gasteiger partial charge in [0.1, 0.15) is 0 Å². The van der Waals surface area contributed by atoms with E-state index in [4.69, 9.17) is 9.25 Å². The van der Waals surface area contributed by atoms with E-state index in [1.165, 1.54) is 0 Å². The molecule has 0 aliphatic carbocycles. The minimum absolute atomic E-state index is 0.259. The van der Waals surface area contributed by atoms with Crippen molar-refractivity contribution in [2.24, 2.45) is 0 Å². The van der Waals surface area contributed by atoms with Crippen molar-refractivity contribution in [2.45, 2.75) is 13.0 Å². The van der Waals surface area contributed by atoms with Crippen molar-refractivity contribution in [2.75, 3.05) is 0 Å². The molecule has 1 unspecified atom stereocenters. The zero-order valence-corrected chi connectivity index (χ0v) is 6.20. The first-order valence-corrected chi connectivity index (χ1v) is 3.54. The Morgan fingerprint density at radius 2 is 2.45 bits per heavy atom. The molecule has 1 atom stereocenters. The lowest BCUT2D eigenvalue weighted by atomic mass is 10.3. The molecular weight excluding hydrogens is 142 g/mol. The van der Waals surface area contributed by atoms with Crippen LogP contribution in [0.5, 0.6) is 0 Å². The molecule has 0 saturated carbocycles. The molecule has 0 saturated heterocycles. The lowest BCUT2D eigenvalue weighted by molar-refractivity contribution is 0.162. The Kier molecular flexibility index (Phi) is 1.43. The van der Waals surface area contributed by atoms with Gasteiger partial charge in [-0.25, -0.2) is 0 Å². The molecule has 2 rings (SSSR count). The highest BCUT2D eigenvalue weighted by molar-refractivity contribution is 5.56. The molecule has 2 heterocycles. The summed E-state index contributed by atoms with van der Waals surface area (Å²) in [5.74, 6) is 1.53. The van der Waals surface area contributed by atoms with E-state index in [-0.39, 0.29) is 6.04 Å². The summed E-state index contributed by atoms with van der Waals surface area (Å²) in [6, 6.07) is 3.96. The number of furan rings is 1. The van der Waals surface area contributed by atoms with Crippen LogP contribution in [-0.4, -0.2) is 6.04 Å². The minimum atomic E-state index is 0.259. The fourth-order valence-corrected chi connectivity index (χ4v) is 1.00. The molecule has 3 nitrogen and oxygen atoms in total.